The molecule has 0 radical (unpaired) electrons. The normalized spacial score (nSPS) is 19.6. The van der Waals surface area contributed by atoms with Crippen LogP contribution in [0.4, 0.5) is 19.2 Å². The lowest BCUT2D eigenvalue weighted by molar-refractivity contribution is 0.0353. The van der Waals surface area contributed by atoms with E-state index in [4.69, 9.17) is 65.4 Å². The Bertz CT molecular complexity index is 3340. The number of carbonyl (C=O) groups excluding carboxylic acids is 4. The lowest BCUT2D eigenvalue weighted by Gasteiger charge is -2.39. The first kappa shape index (κ1) is 80.2. The highest BCUT2D eigenvalue weighted by molar-refractivity contribution is 7.89. The molecule has 2 fully saturated rings. The Kier molecular flexibility index (Phi) is 30.7. The van der Waals surface area contributed by atoms with Gasteiger partial charge in [0, 0.05) is 95.7 Å². The SMILES string of the molecule is CC(C)(C)OC(=O)N[C@@H]1CCCN([C@H]2Cc3c(Cl)cc(Cl)cc3[C@@H]2Oc2ccc(S(=O)(=O)NCCCCCCCCNC(=O)NCCCCNC(=O)NCCCCCCCCNS(=O)(=O)c3ccc(O[C@H]4c5cc(Cl)cc(Cl)c5C[C@@H]4N4CCC[C@@H](NC(=O)OC(C)(C)C)C4)cc3)cc2)C1. The standard InChI is InChI=1S/C72H104Cl4N10O12S2/c1-71(2,3)97-69(89)83-51-23-21-39-85(47-51)63-45-57-59(41-49(73)43-61(57)75)65(63)95-53-25-29-55(30-26-53)99(91,92)81-37-17-13-9-7-11-15-33-77-67(87)79-35-19-20-36-80-68(88)78-34-16-12-8-10-14-18-38-82-100(93,94)56-31-27-54(28-32-56)96-66-60-42-50(74)44-62(76)58(60)46-64(66)86-40-22-24-52(48-86)84-70(90)98-72(4,5)6/h25-32,41-44,51-52,63-66,81-82H,7-24,33-40,45-48H2,1-6H3,(H,83,89)(H,84,90)(H2,77,79,87)(H2,78,80,88)/t51-,52-,63+,64+,65+,66+/m1/s1. The van der Waals surface area contributed by atoms with Crippen molar-refractivity contribution in [2.75, 3.05) is 65.4 Å². The number of nitrogens with one attached hydrogen (secondary N) is 8. The molecule has 554 valence electrons. The summed E-state index contributed by atoms with van der Waals surface area (Å²) in [4.78, 5) is 54.9. The Morgan fingerprint density at radius 1 is 0.460 bits per heavy atom. The molecule has 8 N–H and O–H groups in total. The van der Waals surface area contributed by atoms with Crippen molar-refractivity contribution in [2.24, 2.45) is 0 Å². The van der Waals surface area contributed by atoms with Crippen molar-refractivity contribution in [3.05, 3.63) is 115 Å². The van der Waals surface area contributed by atoms with Gasteiger partial charge in [0.25, 0.3) is 0 Å². The lowest BCUT2D eigenvalue weighted by Crippen LogP contribution is -2.53. The summed E-state index contributed by atoms with van der Waals surface area (Å²) >= 11 is 26.5. The van der Waals surface area contributed by atoms with Gasteiger partial charge in [-0.2, -0.15) is 0 Å². The second kappa shape index (κ2) is 38.3. The van der Waals surface area contributed by atoms with Crippen LogP contribution in [0.1, 0.15) is 192 Å². The van der Waals surface area contributed by atoms with E-state index in [-0.39, 0.29) is 46.0 Å². The van der Waals surface area contributed by atoms with Gasteiger partial charge in [-0.15, -0.1) is 0 Å². The van der Waals surface area contributed by atoms with Crippen LogP contribution in [0.15, 0.2) is 82.6 Å². The molecule has 4 aliphatic rings. The minimum Gasteiger partial charge on any atom is -0.484 e. The predicted octanol–water partition coefficient (Wildman–Crippen LogP) is 13.7. The van der Waals surface area contributed by atoms with Gasteiger partial charge in [-0.25, -0.2) is 45.5 Å². The number of amides is 6. The molecule has 6 atom stereocenters. The van der Waals surface area contributed by atoms with Gasteiger partial charge in [0.2, 0.25) is 20.0 Å². The van der Waals surface area contributed by atoms with E-state index < -0.39 is 55.6 Å². The smallest absolute Gasteiger partial charge is 0.407 e. The molecular weight excluding hydrogens is 1400 g/mol. The Balaban J connectivity index is 0.600. The number of nitrogens with zero attached hydrogens (tertiary/aromatic N) is 2. The average molecular weight is 1510 g/mol. The molecule has 0 unspecified atom stereocenters. The molecule has 6 amide bonds. The van der Waals surface area contributed by atoms with Gasteiger partial charge in [0.05, 0.1) is 21.9 Å². The van der Waals surface area contributed by atoms with Crippen LogP contribution in [0.3, 0.4) is 0 Å². The van der Waals surface area contributed by atoms with Gasteiger partial charge in [0.15, 0.2) is 0 Å². The molecule has 2 aliphatic carbocycles. The van der Waals surface area contributed by atoms with Crippen LogP contribution in [-0.4, -0.2) is 152 Å². The molecule has 0 bridgehead atoms. The predicted molar refractivity (Wildman–Crippen MR) is 393 cm³/mol. The van der Waals surface area contributed by atoms with Crippen molar-refractivity contribution in [1.29, 1.82) is 0 Å². The molecule has 2 aliphatic heterocycles. The summed E-state index contributed by atoms with van der Waals surface area (Å²) in [6, 6.07) is 19.2. The fourth-order valence-electron chi connectivity index (χ4n) is 13.3. The summed E-state index contributed by atoms with van der Waals surface area (Å²) in [7, 11) is -7.51. The van der Waals surface area contributed by atoms with E-state index in [0.717, 1.165) is 125 Å². The number of sulfonamides is 2. The van der Waals surface area contributed by atoms with Crippen molar-refractivity contribution >= 4 is 90.7 Å². The number of alkyl carbamates (subject to hydrolysis) is 2. The highest BCUT2D eigenvalue weighted by atomic mass is 35.5. The van der Waals surface area contributed by atoms with E-state index in [1.165, 1.54) is 0 Å². The van der Waals surface area contributed by atoms with E-state index in [1.807, 2.05) is 53.7 Å². The number of halogens is 4. The zero-order chi connectivity index (χ0) is 72.0. The van der Waals surface area contributed by atoms with E-state index >= 15 is 0 Å². The molecule has 28 heteroatoms. The van der Waals surface area contributed by atoms with Crippen molar-refractivity contribution in [3.63, 3.8) is 0 Å². The van der Waals surface area contributed by atoms with Crippen molar-refractivity contribution in [1.82, 2.24) is 51.1 Å². The van der Waals surface area contributed by atoms with Gasteiger partial charge >= 0.3 is 24.2 Å². The second-order valence-electron chi connectivity index (χ2n) is 28.5. The van der Waals surface area contributed by atoms with Gasteiger partial charge in [-0.3, -0.25) is 9.80 Å². The molecular formula is C72H104Cl4N10O12S2. The van der Waals surface area contributed by atoms with Crippen molar-refractivity contribution < 1.29 is 55.0 Å². The molecule has 100 heavy (non-hydrogen) atoms. The van der Waals surface area contributed by atoms with E-state index in [1.54, 1.807) is 60.7 Å². The number of carbonyl (C=O) groups is 4. The molecule has 2 saturated heterocycles. The maximum atomic E-state index is 13.3. The number of likely N-dealkylation sites (tertiary alicyclic amines) is 2. The van der Waals surface area contributed by atoms with Crippen molar-refractivity contribution in [3.8, 4) is 11.5 Å². The van der Waals surface area contributed by atoms with E-state index in [9.17, 15) is 36.0 Å². The largest absolute Gasteiger partial charge is 0.484 e. The number of hydrogen-bond acceptors (Lipinski definition) is 14. The summed E-state index contributed by atoms with van der Waals surface area (Å²) < 4.78 is 82.9. The molecule has 8 rings (SSSR count). The molecule has 22 nitrogen and oxygen atoms in total. The quantitative estimate of drug-likeness (QED) is 0.0199. The highest BCUT2D eigenvalue weighted by Crippen LogP contribution is 2.45. The monoisotopic (exact) mass is 1500 g/mol. The number of piperidine rings is 2. The Morgan fingerprint density at radius 2 is 0.780 bits per heavy atom. The van der Waals surface area contributed by atoms with Gasteiger partial charge < -0.3 is 50.8 Å². The second-order valence-corrected chi connectivity index (χ2v) is 33.8. The Morgan fingerprint density at radius 3 is 1.12 bits per heavy atom. The zero-order valence-electron chi connectivity index (χ0n) is 58.7. The Labute approximate surface area is 612 Å². The number of benzene rings is 4. The van der Waals surface area contributed by atoms with E-state index in [2.05, 4.69) is 51.1 Å². The van der Waals surface area contributed by atoms with Crippen molar-refractivity contribution in [2.45, 2.75) is 227 Å². The fourth-order valence-corrected chi connectivity index (χ4v) is 16.6. The average Bonchev–Trinajstić information content (AvgIpc) is 1.62. The number of rotatable bonds is 35. The maximum absolute atomic E-state index is 13.3. The number of urea groups is 2. The van der Waals surface area contributed by atoms with Crippen LogP contribution < -0.4 is 50.8 Å². The molecule has 4 aromatic rings. The zero-order valence-corrected chi connectivity index (χ0v) is 63.4. The van der Waals surface area contributed by atoms with Crippen LogP contribution in [0.5, 0.6) is 11.5 Å². The van der Waals surface area contributed by atoms with Crippen LogP contribution in [0, 0.1) is 0 Å². The lowest BCUT2D eigenvalue weighted by atomic mass is 10.0. The summed E-state index contributed by atoms with van der Waals surface area (Å²) in [5.41, 5.74) is 2.47. The summed E-state index contributed by atoms with van der Waals surface area (Å²) in [6.07, 6.45) is 14.8. The maximum Gasteiger partial charge on any atom is 0.407 e. The number of unbranched alkanes of at least 4 members (excludes halogenated alkanes) is 11. The third kappa shape index (κ3) is 25.7. The summed E-state index contributed by atoms with van der Waals surface area (Å²) in [5.74, 6) is 1.01. The third-order valence-electron chi connectivity index (χ3n) is 18.1. The first-order valence-electron chi connectivity index (χ1n) is 35.6. The van der Waals surface area contributed by atoms with Crippen LogP contribution in [0.25, 0.3) is 0 Å². The molecule has 0 spiro atoms. The first-order chi connectivity index (χ1) is 47.6. The minimum atomic E-state index is -3.75. The highest BCUT2D eigenvalue weighted by Gasteiger charge is 2.43. The number of fused-ring (bicyclic) bond motifs is 2. The van der Waals surface area contributed by atoms with Gasteiger partial charge in [-0.1, -0.05) is 97.8 Å². The first-order valence-corrected chi connectivity index (χ1v) is 40.1. The topological polar surface area (TPSA) is 276 Å². The van der Waals surface area contributed by atoms with Crippen LogP contribution in [0.2, 0.25) is 20.1 Å². The molecule has 4 aromatic carbocycles. The molecule has 2 heterocycles. The molecule has 0 aromatic heterocycles. The van der Waals surface area contributed by atoms with Gasteiger partial charge in [0.1, 0.15) is 34.9 Å². The minimum absolute atomic E-state index is 0.105. The number of hydrogen-bond donors (Lipinski definition) is 8. The molecule has 0 saturated carbocycles. The summed E-state index contributed by atoms with van der Waals surface area (Å²) in [6.45, 7) is 16.5. The number of ether oxygens (including phenoxy) is 4. The van der Waals surface area contributed by atoms with Crippen LogP contribution in [-0.2, 0) is 42.4 Å². The fraction of sp³-hybridized carbons (Fsp3) is 0.611. The van der Waals surface area contributed by atoms with Gasteiger partial charge in [-0.05, 0) is 216 Å². The summed E-state index contributed by atoms with van der Waals surface area (Å²) in [5, 5.41) is 19.7. The van der Waals surface area contributed by atoms with E-state index in [0.29, 0.717) is 122 Å². The Hall–Kier alpha value is -5.54. The van der Waals surface area contributed by atoms with Crippen LogP contribution >= 0.6 is 46.4 Å². The third-order valence-corrected chi connectivity index (χ3v) is 22.2.